The van der Waals surface area contributed by atoms with Crippen LogP contribution in [0.5, 0.6) is 0 Å². The standard InChI is InChI=1S/C18H23IN2/c1-3-11-20-18(15-6-8-16(19)9-7-15)12-17-10-5-14(4-2)13-21-17/h5-10,13,18,20H,3-4,11-12H2,1-2H3. The second-order valence-corrected chi connectivity index (χ2v) is 6.52. The summed E-state index contributed by atoms with van der Waals surface area (Å²) in [6, 6.07) is 13.5. The van der Waals surface area contributed by atoms with Crippen LogP contribution in [0.15, 0.2) is 42.6 Å². The van der Waals surface area contributed by atoms with Crippen molar-refractivity contribution in [2.45, 2.75) is 39.2 Å². The van der Waals surface area contributed by atoms with Crippen molar-refractivity contribution in [3.05, 3.63) is 63.0 Å². The molecule has 1 aromatic heterocycles. The third-order valence-electron chi connectivity index (χ3n) is 3.62. The summed E-state index contributed by atoms with van der Waals surface area (Å²) in [5.41, 5.74) is 3.79. The summed E-state index contributed by atoms with van der Waals surface area (Å²) >= 11 is 2.35. The lowest BCUT2D eigenvalue weighted by molar-refractivity contribution is 0.524. The third-order valence-corrected chi connectivity index (χ3v) is 4.34. The summed E-state index contributed by atoms with van der Waals surface area (Å²) in [5.74, 6) is 0. The van der Waals surface area contributed by atoms with Gasteiger partial charge in [0.2, 0.25) is 0 Å². The molecule has 2 nitrogen and oxygen atoms in total. The van der Waals surface area contributed by atoms with Crippen LogP contribution >= 0.6 is 22.6 Å². The van der Waals surface area contributed by atoms with E-state index in [0.717, 1.165) is 31.5 Å². The first kappa shape index (κ1) is 16.4. The van der Waals surface area contributed by atoms with Crippen LogP contribution in [0, 0.1) is 3.57 Å². The summed E-state index contributed by atoms with van der Waals surface area (Å²) in [6.07, 6.45) is 5.12. The van der Waals surface area contributed by atoms with Gasteiger partial charge in [-0.3, -0.25) is 4.98 Å². The lowest BCUT2D eigenvalue weighted by Gasteiger charge is -2.19. The molecule has 1 unspecified atom stereocenters. The van der Waals surface area contributed by atoms with Crippen LogP contribution < -0.4 is 5.32 Å². The van der Waals surface area contributed by atoms with Crippen LogP contribution in [0.3, 0.4) is 0 Å². The second kappa shape index (κ2) is 8.49. The highest BCUT2D eigenvalue weighted by Gasteiger charge is 2.12. The molecule has 21 heavy (non-hydrogen) atoms. The molecule has 2 aromatic rings. The lowest BCUT2D eigenvalue weighted by Crippen LogP contribution is -2.24. The molecule has 0 amide bonds. The number of nitrogens with zero attached hydrogens (tertiary/aromatic N) is 1. The molecule has 112 valence electrons. The second-order valence-electron chi connectivity index (χ2n) is 5.27. The molecular weight excluding hydrogens is 371 g/mol. The van der Waals surface area contributed by atoms with Crippen LogP contribution in [0.4, 0.5) is 0 Å². The predicted molar refractivity (Wildman–Crippen MR) is 97.5 cm³/mol. The highest BCUT2D eigenvalue weighted by Crippen LogP contribution is 2.19. The molecule has 0 saturated carbocycles. The summed E-state index contributed by atoms with van der Waals surface area (Å²) < 4.78 is 1.27. The van der Waals surface area contributed by atoms with Crippen molar-refractivity contribution in [3.8, 4) is 0 Å². The van der Waals surface area contributed by atoms with Crippen molar-refractivity contribution in [2.24, 2.45) is 0 Å². The van der Waals surface area contributed by atoms with Gasteiger partial charge in [-0.2, -0.15) is 0 Å². The van der Waals surface area contributed by atoms with Crippen LogP contribution in [0.25, 0.3) is 0 Å². The minimum absolute atomic E-state index is 0.335. The quantitative estimate of drug-likeness (QED) is 0.698. The maximum absolute atomic E-state index is 4.60. The van der Waals surface area contributed by atoms with E-state index in [1.807, 2.05) is 6.20 Å². The molecule has 1 aromatic carbocycles. The van der Waals surface area contributed by atoms with Crippen molar-refractivity contribution in [3.63, 3.8) is 0 Å². The number of halogens is 1. The summed E-state index contributed by atoms with van der Waals surface area (Å²) in [6.45, 7) is 5.39. The zero-order chi connectivity index (χ0) is 15.1. The monoisotopic (exact) mass is 394 g/mol. The number of hydrogen-bond acceptors (Lipinski definition) is 2. The molecule has 2 rings (SSSR count). The summed E-state index contributed by atoms with van der Waals surface area (Å²) in [7, 11) is 0. The third kappa shape index (κ3) is 5.08. The van der Waals surface area contributed by atoms with Gasteiger partial charge in [0.25, 0.3) is 0 Å². The maximum atomic E-state index is 4.60. The molecule has 0 fully saturated rings. The van der Waals surface area contributed by atoms with E-state index in [1.54, 1.807) is 0 Å². The predicted octanol–water partition coefficient (Wildman–Crippen LogP) is 4.53. The van der Waals surface area contributed by atoms with E-state index in [2.05, 4.69) is 83.1 Å². The summed E-state index contributed by atoms with van der Waals surface area (Å²) in [4.78, 5) is 4.60. The fourth-order valence-electron chi connectivity index (χ4n) is 2.32. The molecule has 0 saturated heterocycles. The highest BCUT2D eigenvalue weighted by atomic mass is 127. The molecule has 0 aliphatic carbocycles. The van der Waals surface area contributed by atoms with Gasteiger partial charge in [0, 0.05) is 27.9 Å². The normalized spacial score (nSPS) is 12.3. The van der Waals surface area contributed by atoms with Gasteiger partial charge in [-0.05, 0) is 71.3 Å². The molecule has 1 atom stereocenters. The lowest BCUT2D eigenvalue weighted by atomic mass is 10.0. The Balaban J connectivity index is 2.13. The molecule has 0 aliphatic rings. The fourth-order valence-corrected chi connectivity index (χ4v) is 2.68. The smallest absolute Gasteiger partial charge is 0.0422 e. The van der Waals surface area contributed by atoms with E-state index >= 15 is 0 Å². The van der Waals surface area contributed by atoms with E-state index in [9.17, 15) is 0 Å². The van der Waals surface area contributed by atoms with Gasteiger partial charge < -0.3 is 5.32 Å². The van der Waals surface area contributed by atoms with E-state index in [4.69, 9.17) is 0 Å². The average Bonchev–Trinajstić information content (AvgIpc) is 2.53. The average molecular weight is 394 g/mol. The first-order valence-electron chi connectivity index (χ1n) is 7.65. The Kier molecular flexibility index (Phi) is 6.64. The molecule has 3 heteroatoms. The Hall–Kier alpha value is -0.940. The van der Waals surface area contributed by atoms with Crippen molar-refractivity contribution < 1.29 is 0 Å². The number of rotatable bonds is 7. The Bertz CT molecular complexity index is 534. The number of aromatic nitrogens is 1. The van der Waals surface area contributed by atoms with Gasteiger partial charge >= 0.3 is 0 Å². The van der Waals surface area contributed by atoms with Crippen LogP contribution in [0.2, 0.25) is 0 Å². The molecule has 0 aliphatic heterocycles. The number of hydrogen-bond donors (Lipinski definition) is 1. The van der Waals surface area contributed by atoms with E-state index in [1.165, 1.54) is 14.7 Å². The van der Waals surface area contributed by atoms with Gasteiger partial charge in [-0.25, -0.2) is 0 Å². The molecule has 0 spiro atoms. The van der Waals surface area contributed by atoms with Crippen LogP contribution in [-0.2, 0) is 12.8 Å². The SMILES string of the molecule is CCCNC(Cc1ccc(CC)cn1)c1ccc(I)cc1. The van der Waals surface area contributed by atoms with Gasteiger partial charge in [-0.15, -0.1) is 0 Å². The van der Waals surface area contributed by atoms with Crippen molar-refractivity contribution in [2.75, 3.05) is 6.54 Å². The first-order valence-corrected chi connectivity index (χ1v) is 8.73. The minimum atomic E-state index is 0.335. The molecule has 0 bridgehead atoms. The maximum Gasteiger partial charge on any atom is 0.0422 e. The number of pyridine rings is 1. The number of benzene rings is 1. The largest absolute Gasteiger partial charge is 0.310 e. The fraction of sp³-hybridized carbons (Fsp3) is 0.389. The molecule has 0 radical (unpaired) electrons. The van der Waals surface area contributed by atoms with Gasteiger partial charge in [-0.1, -0.05) is 32.0 Å². The van der Waals surface area contributed by atoms with Crippen molar-refractivity contribution in [1.82, 2.24) is 10.3 Å². The molecular formula is C18H23IN2. The van der Waals surface area contributed by atoms with Gasteiger partial charge in [0.15, 0.2) is 0 Å². The zero-order valence-electron chi connectivity index (χ0n) is 12.8. The zero-order valence-corrected chi connectivity index (χ0v) is 14.9. The summed E-state index contributed by atoms with van der Waals surface area (Å²) in [5, 5.41) is 3.64. The Labute approximate surface area is 141 Å². The van der Waals surface area contributed by atoms with E-state index in [0.29, 0.717) is 6.04 Å². The topological polar surface area (TPSA) is 24.9 Å². The van der Waals surface area contributed by atoms with E-state index in [-0.39, 0.29) is 0 Å². The molecule has 1 heterocycles. The Morgan fingerprint density at radius 3 is 2.43 bits per heavy atom. The van der Waals surface area contributed by atoms with Crippen LogP contribution in [0.1, 0.15) is 43.1 Å². The van der Waals surface area contributed by atoms with Gasteiger partial charge in [0.05, 0.1) is 0 Å². The highest BCUT2D eigenvalue weighted by molar-refractivity contribution is 14.1. The Morgan fingerprint density at radius 2 is 1.86 bits per heavy atom. The minimum Gasteiger partial charge on any atom is -0.310 e. The number of aryl methyl sites for hydroxylation is 1. The Morgan fingerprint density at radius 1 is 1.10 bits per heavy atom. The van der Waals surface area contributed by atoms with E-state index < -0.39 is 0 Å². The van der Waals surface area contributed by atoms with Crippen LogP contribution in [-0.4, -0.2) is 11.5 Å². The first-order chi connectivity index (χ1) is 10.2. The van der Waals surface area contributed by atoms with Crippen molar-refractivity contribution >= 4 is 22.6 Å². The number of nitrogens with one attached hydrogen (secondary N) is 1. The van der Waals surface area contributed by atoms with Crippen molar-refractivity contribution in [1.29, 1.82) is 0 Å². The van der Waals surface area contributed by atoms with Gasteiger partial charge in [0.1, 0.15) is 0 Å². The molecule has 1 N–H and O–H groups in total.